The normalized spacial score (nSPS) is 13.1. The smallest absolute Gasteiger partial charge is 0.123 e. The van der Waals surface area contributed by atoms with E-state index in [0.717, 1.165) is 47.9 Å². The van der Waals surface area contributed by atoms with Crippen molar-refractivity contribution in [3.05, 3.63) is 57.6 Å². The molecule has 0 radical (unpaired) electrons. The Morgan fingerprint density at radius 3 is 0.812 bits per heavy atom. The Hall–Kier alpha value is -1.96. The third-order valence-corrected chi connectivity index (χ3v) is 11.8. The summed E-state index contributed by atoms with van der Waals surface area (Å²) in [6, 6.07) is 9.34. The lowest BCUT2D eigenvalue weighted by Gasteiger charge is -2.35. The Bertz CT molecular complexity index is 1080. The second-order valence-corrected chi connectivity index (χ2v) is 18.0. The van der Waals surface area contributed by atoms with E-state index in [9.17, 15) is 10.2 Å². The van der Waals surface area contributed by atoms with E-state index >= 15 is 0 Å². The highest BCUT2D eigenvalue weighted by Crippen LogP contribution is 2.48. The summed E-state index contributed by atoms with van der Waals surface area (Å²) in [5, 5.41) is 24.1. The highest BCUT2D eigenvalue weighted by Gasteiger charge is 2.34. The number of hydrogen-bond acceptors (Lipinski definition) is 2. The molecule has 0 aliphatic carbocycles. The van der Waals surface area contributed by atoms with Crippen molar-refractivity contribution in [2.75, 3.05) is 0 Å². The van der Waals surface area contributed by atoms with Crippen molar-refractivity contribution in [1.82, 2.24) is 0 Å². The van der Waals surface area contributed by atoms with E-state index < -0.39 is 0 Å². The molecule has 0 amide bonds. The maximum Gasteiger partial charge on any atom is 0.123 e. The van der Waals surface area contributed by atoms with E-state index in [1.54, 1.807) is 0 Å². The standard InChI is InChI=1S/C46H78O2/c1-14-18-22-26-43(6,7)37-30-35(31-38(41(37)47)44(8,9)27-23-19-15-2)34(5)36-32-39(45(10,11)28-24-20-16-3)42(48)40(33-36)46(12,13)29-25-21-17-4/h30-34,47-48H,14-29H2,1-13H3. The maximum absolute atomic E-state index is 12.1. The van der Waals surface area contributed by atoms with Gasteiger partial charge in [0.2, 0.25) is 0 Å². The first-order valence-corrected chi connectivity index (χ1v) is 20.2. The van der Waals surface area contributed by atoms with Gasteiger partial charge < -0.3 is 10.2 Å². The molecule has 2 heteroatoms. The van der Waals surface area contributed by atoms with Gasteiger partial charge in [0.1, 0.15) is 11.5 Å². The number of benzene rings is 2. The molecule has 0 saturated heterocycles. The molecule has 2 rings (SSSR count). The molecule has 0 aliphatic heterocycles. The molecular formula is C46H78O2. The predicted molar refractivity (Wildman–Crippen MR) is 212 cm³/mol. The minimum Gasteiger partial charge on any atom is -0.507 e. The molecule has 48 heavy (non-hydrogen) atoms. The molecule has 0 heterocycles. The fraction of sp³-hybridized carbons (Fsp3) is 0.739. The Morgan fingerprint density at radius 1 is 0.417 bits per heavy atom. The Labute approximate surface area is 298 Å². The van der Waals surface area contributed by atoms with Crippen LogP contribution >= 0.6 is 0 Å². The van der Waals surface area contributed by atoms with Crippen molar-refractivity contribution in [1.29, 1.82) is 0 Å². The summed E-state index contributed by atoms with van der Waals surface area (Å²) in [7, 11) is 0. The van der Waals surface area contributed by atoms with Gasteiger partial charge in [-0.15, -0.1) is 0 Å². The zero-order chi connectivity index (χ0) is 36.3. The molecule has 0 bridgehead atoms. The average Bonchev–Trinajstić information content (AvgIpc) is 3.00. The quantitative estimate of drug-likeness (QED) is 0.123. The Balaban J connectivity index is 2.86. The first-order valence-electron chi connectivity index (χ1n) is 20.2. The zero-order valence-corrected chi connectivity index (χ0v) is 34.1. The van der Waals surface area contributed by atoms with Crippen molar-refractivity contribution in [3.63, 3.8) is 0 Å². The van der Waals surface area contributed by atoms with Crippen LogP contribution in [0.1, 0.15) is 232 Å². The lowest BCUT2D eigenvalue weighted by atomic mass is 9.70. The number of rotatable bonds is 22. The van der Waals surface area contributed by atoms with Gasteiger partial charge in [-0.05, 0) is 58.5 Å². The van der Waals surface area contributed by atoms with E-state index in [2.05, 4.69) is 114 Å². The van der Waals surface area contributed by atoms with Gasteiger partial charge in [0.05, 0.1) is 0 Å². The third kappa shape index (κ3) is 11.0. The minimum atomic E-state index is -0.128. The molecule has 0 fully saturated rings. The van der Waals surface area contributed by atoms with Crippen LogP contribution in [0.25, 0.3) is 0 Å². The van der Waals surface area contributed by atoms with Crippen molar-refractivity contribution in [2.45, 2.75) is 220 Å². The van der Waals surface area contributed by atoms with E-state index in [4.69, 9.17) is 0 Å². The fourth-order valence-electron chi connectivity index (χ4n) is 7.88. The number of unbranched alkanes of at least 4 members (excludes halogenated alkanes) is 8. The molecule has 2 aromatic carbocycles. The van der Waals surface area contributed by atoms with Gasteiger partial charge in [0.25, 0.3) is 0 Å². The van der Waals surface area contributed by atoms with Crippen LogP contribution in [0.3, 0.4) is 0 Å². The van der Waals surface area contributed by atoms with Crippen molar-refractivity contribution in [2.24, 2.45) is 0 Å². The molecule has 0 saturated carbocycles. The van der Waals surface area contributed by atoms with Gasteiger partial charge in [0, 0.05) is 28.2 Å². The zero-order valence-electron chi connectivity index (χ0n) is 34.1. The maximum atomic E-state index is 12.1. The van der Waals surface area contributed by atoms with E-state index in [0.29, 0.717) is 11.5 Å². The molecule has 274 valence electrons. The summed E-state index contributed by atoms with van der Waals surface area (Å²) in [4.78, 5) is 0. The van der Waals surface area contributed by atoms with Gasteiger partial charge >= 0.3 is 0 Å². The lowest BCUT2D eigenvalue weighted by molar-refractivity contribution is 0.379. The van der Waals surface area contributed by atoms with Crippen LogP contribution < -0.4 is 0 Å². The monoisotopic (exact) mass is 663 g/mol. The average molecular weight is 663 g/mol. The number of hydrogen-bond donors (Lipinski definition) is 2. The molecular weight excluding hydrogens is 585 g/mol. The summed E-state index contributed by atoms with van der Waals surface area (Å²) < 4.78 is 0. The SMILES string of the molecule is CCCCCC(C)(C)c1cc(C(C)c2cc(C(C)(C)CCCCC)c(O)c(C(C)(C)CCCCC)c2)cc(C(C)(C)CCCCC)c1O. The largest absolute Gasteiger partial charge is 0.507 e. The fourth-order valence-corrected chi connectivity index (χ4v) is 7.88. The molecule has 2 nitrogen and oxygen atoms in total. The van der Waals surface area contributed by atoms with Crippen LogP contribution in [0, 0.1) is 0 Å². The van der Waals surface area contributed by atoms with Crippen LogP contribution in [-0.2, 0) is 21.7 Å². The molecule has 2 aromatic rings. The van der Waals surface area contributed by atoms with Gasteiger partial charge in [-0.25, -0.2) is 0 Å². The molecule has 0 spiro atoms. The van der Waals surface area contributed by atoms with E-state index in [1.165, 1.54) is 88.2 Å². The van der Waals surface area contributed by atoms with E-state index in [-0.39, 0.29) is 27.6 Å². The summed E-state index contributed by atoms with van der Waals surface area (Å²) in [5.74, 6) is 1.14. The van der Waals surface area contributed by atoms with Gasteiger partial charge in [-0.3, -0.25) is 0 Å². The molecule has 0 atom stereocenters. The first-order chi connectivity index (χ1) is 22.4. The summed E-state index contributed by atoms with van der Waals surface area (Å²) >= 11 is 0. The number of phenols is 2. The topological polar surface area (TPSA) is 40.5 Å². The highest BCUT2D eigenvalue weighted by atomic mass is 16.3. The number of phenolic OH excluding ortho intramolecular Hbond substituents is 2. The first kappa shape index (κ1) is 42.2. The number of aromatic hydroxyl groups is 2. The summed E-state index contributed by atoms with van der Waals surface area (Å²) in [6.07, 6.45) is 18.6. The third-order valence-electron chi connectivity index (χ3n) is 11.8. The molecule has 0 aliphatic rings. The van der Waals surface area contributed by atoms with Crippen LogP contribution in [0.15, 0.2) is 24.3 Å². The second kappa shape index (κ2) is 18.3. The van der Waals surface area contributed by atoms with Gasteiger partial charge in [-0.2, -0.15) is 0 Å². The second-order valence-electron chi connectivity index (χ2n) is 18.0. The van der Waals surface area contributed by atoms with Crippen LogP contribution in [0.2, 0.25) is 0 Å². The van der Waals surface area contributed by atoms with Gasteiger partial charge in [0.15, 0.2) is 0 Å². The molecule has 0 unspecified atom stereocenters. The Morgan fingerprint density at radius 2 is 0.625 bits per heavy atom. The minimum absolute atomic E-state index is 0.122. The van der Waals surface area contributed by atoms with Crippen LogP contribution in [-0.4, -0.2) is 10.2 Å². The van der Waals surface area contributed by atoms with Crippen LogP contribution in [0.4, 0.5) is 0 Å². The Kier molecular flexibility index (Phi) is 16.1. The van der Waals surface area contributed by atoms with Crippen LogP contribution in [0.5, 0.6) is 11.5 Å². The summed E-state index contributed by atoms with van der Waals surface area (Å²) in [5.41, 5.74) is 6.43. The molecule has 0 aromatic heterocycles. The summed E-state index contributed by atoms with van der Waals surface area (Å²) in [6.45, 7) is 30.0. The van der Waals surface area contributed by atoms with Gasteiger partial charge in [-0.1, -0.05) is 191 Å². The highest BCUT2D eigenvalue weighted by molar-refractivity contribution is 5.55. The van der Waals surface area contributed by atoms with E-state index in [1.807, 2.05) is 0 Å². The predicted octanol–water partition coefficient (Wildman–Crippen LogP) is 14.7. The van der Waals surface area contributed by atoms with Crippen molar-refractivity contribution in [3.8, 4) is 11.5 Å². The lowest BCUT2D eigenvalue weighted by Crippen LogP contribution is -2.24. The van der Waals surface area contributed by atoms with Crippen molar-refractivity contribution < 1.29 is 10.2 Å². The molecule has 2 N–H and O–H groups in total. The van der Waals surface area contributed by atoms with Crippen molar-refractivity contribution >= 4 is 0 Å².